The molecule has 1 fully saturated rings. The fourth-order valence-electron chi connectivity index (χ4n) is 1.67. The fraction of sp³-hybridized carbons (Fsp3) is 1.00. The van der Waals surface area contributed by atoms with Crippen molar-refractivity contribution in [3.05, 3.63) is 5.21 Å². The molecular weight excluding hydrogens is 166 g/mol. The molecule has 0 aliphatic carbocycles. The van der Waals surface area contributed by atoms with Crippen LogP contribution in [0.3, 0.4) is 0 Å². The average molecular weight is 186 g/mol. The van der Waals surface area contributed by atoms with Gasteiger partial charge in [0.15, 0.2) is 0 Å². The molecule has 0 amide bonds. The molecule has 1 aliphatic rings. The van der Waals surface area contributed by atoms with E-state index in [-0.39, 0.29) is 6.10 Å². The molecule has 0 saturated carbocycles. The van der Waals surface area contributed by atoms with Gasteiger partial charge in [0.05, 0.1) is 12.7 Å². The van der Waals surface area contributed by atoms with Gasteiger partial charge >= 0.3 is 0 Å². The third-order valence-electron chi connectivity index (χ3n) is 2.48. The van der Waals surface area contributed by atoms with Crippen molar-refractivity contribution in [3.63, 3.8) is 0 Å². The van der Waals surface area contributed by atoms with Crippen LogP contribution in [0.1, 0.15) is 39.0 Å². The highest BCUT2D eigenvalue weighted by atomic mass is 16.5. The molecule has 1 unspecified atom stereocenters. The molecule has 0 spiro atoms. The van der Waals surface area contributed by atoms with Crippen LogP contribution in [0.15, 0.2) is 0 Å². The SMILES string of the molecule is CCCCCCC1CN([O-])CCO1. The van der Waals surface area contributed by atoms with E-state index in [9.17, 15) is 5.21 Å². The lowest BCUT2D eigenvalue weighted by molar-refractivity contribution is -0.0174. The van der Waals surface area contributed by atoms with Crippen molar-refractivity contribution in [1.82, 2.24) is 5.06 Å². The summed E-state index contributed by atoms with van der Waals surface area (Å²) >= 11 is 0. The predicted octanol–water partition coefficient (Wildman–Crippen LogP) is 2.16. The van der Waals surface area contributed by atoms with Crippen molar-refractivity contribution >= 4 is 0 Å². The lowest BCUT2D eigenvalue weighted by Gasteiger charge is -2.37. The van der Waals surface area contributed by atoms with Gasteiger partial charge in [0, 0.05) is 13.1 Å². The molecule has 0 radical (unpaired) electrons. The van der Waals surface area contributed by atoms with Gasteiger partial charge in [-0.05, 0) is 6.42 Å². The fourth-order valence-corrected chi connectivity index (χ4v) is 1.67. The summed E-state index contributed by atoms with van der Waals surface area (Å²) in [7, 11) is 0. The summed E-state index contributed by atoms with van der Waals surface area (Å²) in [4.78, 5) is 0. The van der Waals surface area contributed by atoms with Gasteiger partial charge in [-0.2, -0.15) is 0 Å². The lowest BCUT2D eigenvalue weighted by atomic mass is 10.1. The molecule has 0 aromatic carbocycles. The Morgan fingerprint density at radius 1 is 1.38 bits per heavy atom. The Kier molecular flexibility index (Phi) is 5.35. The van der Waals surface area contributed by atoms with Crippen LogP contribution in [0.4, 0.5) is 0 Å². The second-order valence-electron chi connectivity index (χ2n) is 3.73. The van der Waals surface area contributed by atoms with E-state index in [2.05, 4.69) is 6.92 Å². The van der Waals surface area contributed by atoms with E-state index in [4.69, 9.17) is 4.74 Å². The molecule has 1 atom stereocenters. The molecule has 0 bridgehead atoms. The number of hydrogen-bond donors (Lipinski definition) is 0. The molecule has 3 nitrogen and oxygen atoms in total. The van der Waals surface area contributed by atoms with Crippen LogP contribution in [-0.2, 0) is 4.74 Å². The second-order valence-corrected chi connectivity index (χ2v) is 3.73. The highest BCUT2D eigenvalue weighted by Gasteiger charge is 2.13. The van der Waals surface area contributed by atoms with Crippen molar-refractivity contribution in [2.75, 3.05) is 19.7 Å². The summed E-state index contributed by atoms with van der Waals surface area (Å²) < 4.78 is 5.49. The van der Waals surface area contributed by atoms with Crippen LogP contribution in [-0.4, -0.2) is 30.9 Å². The maximum absolute atomic E-state index is 11.0. The van der Waals surface area contributed by atoms with Crippen molar-refractivity contribution in [2.45, 2.75) is 45.1 Å². The lowest BCUT2D eigenvalue weighted by Crippen LogP contribution is -2.38. The van der Waals surface area contributed by atoms with Gasteiger partial charge in [0.25, 0.3) is 0 Å². The van der Waals surface area contributed by atoms with Crippen LogP contribution >= 0.6 is 0 Å². The molecule has 0 aromatic rings. The Morgan fingerprint density at radius 2 is 2.23 bits per heavy atom. The zero-order valence-electron chi connectivity index (χ0n) is 8.50. The van der Waals surface area contributed by atoms with Crippen molar-refractivity contribution in [1.29, 1.82) is 0 Å². The summed E-state index contributed by atoms with van der Waals surface area (Å²) in [6.45, 7) is 3.94. The minimum Gasteiger partial charge on any atom is -0.785 e. The van der Waals surface area contributed by atoms with Crippen molar-refractivity contribution < 1.29 is 4.74 Å². The Hall–Kier alpha value is -0.120. The van der Waals surface area contributed by atoms with Crippen molar-refractivity contribution in [3.8, 4) is 0 Å². The zero-order chi connectivity index (χ0) is 9.52. The third-order valence-corrected chi connectivity index (χ3v) is 2.48. The number of nitrogens with zero attached hydrogens (tertiary/aromatic N) is 1. The van der Waals surface area contributed by atoms with E-state index in [1.807, 2.05) is 0 Å². The molecule has 13 heavy (non-hydrogen) atoms. The van der Waals surface area contributed by atoms with Crippen molar-refractivity contribution in [2.24, 2.45) is 0 Å². The third kappa shape index (κ3) is 4.60. The van der Waals surface area contributed by atoms with E-state index in [1.165, 1.54) is 25.7 Å². The molecule has 3 heteroatoms. The maximum atomic E-state index is 11.0. The topological polar surface area (TPSA) is 35.5 Å². The molecule has 1 heterocycles. The van der Waals surface area contributed by atoms with E-state index in [0.29, 0.717) is 19.7 Å². The first-order valence-corrected chi connectivity index (χ1v) is 5.36. The smallest absolute Gasteiger partial charge is 0.0693 e. The van der Waals surface area contributed by atoms with Gasteiger partial charge < -0.3 is 15.0 Å². The molecular formula is C10H20NO2-. The molecule has 0 N–H and O–H groups in total. The summed E-state index contributed by atoms with van der Waals surface area (Å²) in [5, 5.41) is 12.1. The van der Waals surface area contributed by atoms with Crippen LogP contribution in [0.2, 0.25) is 0 Å². The van der Waals surface area contributed by atoms with E-state index < -0.39 is 0 Å². The number of ether oxygens (including phenoxy) is 1. The summed E-state index contributed by atoms with van der Waals surface area (Å²) in [6, 6.07) is 0. The Labute approximate surface area is 80.6 Å². The van der Waals surface area contributed by atoms with Gasteiger partial charge in [-0.3, -0.25) is 0 Å². The maximum Gasteiger partial charge on any atom is 0.0693 e. The van der Waals surface area contributed by atoms with Gasteiger partial charge in [-0.1, -0.05) is 32.6 Å². The Bertz CT molecular complexity index is 130. The molecule has 0 aromatic heterocycles. The van der Waals surface area contributed by atoms with Gasteiger partial charge in [0.2, 0.25) is 0 Å². The first kappa shape index (κ1) is 11.0. The van der Waals surface area contributed by atoms with E-state index in [1.54, 1.807) is 0 Å². The summed E-state index contributed by atoms with van der Waals surface area (Å²) in [5.74, 6) is 0. The number of rotatable bonds is 5. The monoisotopic (exact) mass is 186 g/mol. The van der Waals surface area contributed by atoms with E-state index >= 15 is 0 Å². The minimum absolute atomic E-state index is 0.197. The van der Waals surface area contributed by atoms with Gasteiger partial charge in [-0.15, -0.1) is 0 Å². The van der Waals surface area contributed by atoms with Gasteiger partial charge in [-0.25, -0.2) is 0 Å². The number of morpholine rings is 1. The van der Waals surface area contributed by atoms with Crippen LogP contribution < -0.4 is 0 Å². The molecule has 1 aliphatic heterocycles. The van der Waals surface area contributed by atoms with Crippen LogP contribution in [0, 0.1) is 5.21 Å². The zero-order valence-corrected chi connectivity index (χ0v) is 8.50. The largest absolute Gasteiger partial charge is 0.785 e. The Balaban J connectivity index is 2.00. The van der Waals surface area contributed by atoms with Gasteiger partial charge in [0.1, 0.15) is 0 Å². The standard InChI is InChI=1S/C10H20NO2/c1-2-3-4-5-6-10-9-11(12)7-8-13-10/h10H,2-9H2,1H3/q-1. The summed E-state index contributed by atoms with van der Waals surface area (Å²) in [6.07, 6.45) is 6.29. The number of hydrogen-bond acceptors (Lipinski definition) is 3. The first-order chi connectivity index (χ1) is 6.33. The van der Waals surface area contributed by atoms with E-state index in [0.717, 1.165) is 11.5 Å². The van der Waals surface area contributed by atoms with Crippen LogP contribution in [0.5, 0.6) is 0 Å². The highest BCUT2D eigenvalue weighted by Crippen LogP contribution is 2.12. The number of unbranched alkanes of at least 4 members (excludes halogenated alkanes) is 3. The molecule has 78 valence electrons. The average Bonchev–Trinajstić information content (AvgIpc) is 2.13. The normalized spacial score (nSPS) is 24.9. The second kappa shape index (κ2) is 6.35. The highest BCUT2D eigenvalue weighted by molar-refractivity contribution is 4.71. The minimum atomic E-state index is 0.197. The number of hydroxylamine groups is 2. The quantitative estimate of drug-likeness (QED) is 0.617. The summed E-state index contributed by atoms with van der Waals surface area (Å²) in [5.41, 5.74) is 0. The Morgan fingerprint density at radius 3 is 2.92 bits per heavy atom. The predicted molar refractivity (Wildman–Crippen MR) is 53.4 cm³/mol. The molecule has 1 saturated heterocycles. The molecule has 1 rings (SSSR count). The first-order valence-electron chi connectivity index (χ1n) is 5.36. The van der Waals surface area contributed by atoms with Crippen LogP contribution in [0.25, 0.3) is 0 Å².